The zero-order chi connectivity index (χ0) is 36.1. The van der Waals surface area contributed by atoms with Crippen LogP contribution in [0.5, 0.6) is 11.5 Å². The number of thiazole rings is 2. The minimum Gasteiger partial charge on any atom is -0.493 e. The summed E-state index contributed by atoms with van der Waals surface area (Å²) in [6.45, 7) is 2.79. The van der Waals surface area contributed by atoms with Crippen molar-refractivity contribution >= 4 is 80.1 Å². The Morgan fingerprint density at radius 2 is 1.75 bits per heavy atom. The molecule has 0 bridgehead atoms. The Bertz CT molecular complexity index is 2020. The predicted molar refractivity (Wildman–Crippen MR) is 190 cm³/mol. The summed E-state index contributed by atoms with van der Waals surface area (Å²) < 4.78 is 17.8. The van der Waals surface area contributed by atoms with Crippen molar-refractivity contribution in [1.29, 1.82) is 0 Å². The van der Waals surface area contributed by atoms with Gasteiger partial charge in [-0.2, -0.15) is 0 Å². The van der Waals surface area contributed by atoms with Gasteiger partial charge in [-0.3, -0.25) is 29.5 Å². The second kappa shape index (κ2) is 15.5. The number of aryl methyl sites for hydroxylation is 1. The molecule has 6 rings (SSSR count). The first-order valence-corrected chi connectivity index (χ1v) is 17.8. The van der Waals surface area contributed by atoms with Gasteiger partial charge in [-0.15, -0.1) is 22.7 Å². The molecule has 2 aliphatic heterocycles. The summed E-state index contributed by atoms with van der Waals surface area (Å²) >= 11 is 2.18. The molecular weight excluding hydrogens is 701 g/mol. The Morgan fingerprint density at radius 1 is 0.980 bits per heavy atom. The summed E-state index contributed by atoms with van der Waals surface area (Å²) in [6.07, 6.45) is 5.70. The average molecular weight is 735 g/mol. The van der Waals surface area contributed by atoms with Gasteiger partial charge < -0.3 is 34.3 Å². The fourth-order valence-electron chi connectivity index (χ4n) is 5.50. The first-order valence-electron chi connectivity index (χ1n) is 16.0. The summed E-state index contributed by atoms with van der Waals surface area (Å²) in [5.41, 5.74) is 1.74. The fourth-order valence-corrected chi connectivity index (χ4v) is 6.88. The van der Waals surface area contributed by atoms with Gasteiger partial charge in [0, 0.05) is 49.3 Å². The summed E-state index contributed by atoms with van der Waals surface area (Å²) in [6, 6.07) is 4.81. The molecule has 1 saturated heterocycles. The van der Waals surface area contributed by atoms with Crippen molar-refractivity contribution in [1.82, 2.24) is 19.4 Å². The highest BCUT2D eigenvalue weighted by molar-refractivity contribution is 7.14. The summed E-state index contributed by atoms with van der Waals surface area (Å²) in [5, 5.41) is 11.5. The van der Waals surface area contributed by atoms with Crippen LogP contribution in [0.25, 0.3) is 0 Å². The van der Waals surface area contributed by atoms with Crippen LogP contribution >= 0.6 is 22.7 Å². The molecule has 0 aliphatic carbocycles. The number of rotatable bonds is 13. The number of amides is 4. The Balaban J connectivity index is 0.972. The van der Waals surface area contributed by atoms with E-state index in [-0.39, 0.29) is 64.8 Å². The summed E-state index contributed by atoms with van der Waals surface area (Å²) in [4.78, 5) is 77.9. The van der Waals surface area contributed by atoms with Crippen molar-refractivity contribution in [3.63, 3.8) is 0 Å². The van der Waals surface area contributed by atoms with Crippen LogP contribution < -0.4 is 25.4 Å². The highest BCUT2D eigenvalue weighted by Gasteiger charge is 2.32. The molecule has 51 heavy (non-hydrogen) atoms. The molecule has 16 nitrogen and oxygen atoms in total. The van der Waals surface area contributed by atoms with E-state index in [9.17, 15) is 24.0 Å². The number of anilines is 3. The SMILES string of the molecule is CCOC(=O)c1csc(NC(=O)c2cc(NC(=O)c3csc(NC(=O)CCCOc4cc5c(cc4OC)C(=O)N4CCC[C@H]4C=N5)n3)cn2C)n1. The molecule has 18 heteroatoms. The van der Waals surface area contributed by atoms with Gasteiger partial charge in [0.25, 0.3) is 17.7 Å². The monoisotopic (exact) mass is 734 g/mol. The van der Waals surface area contributed by atoms with Crippen LogP contribution in [-0.4, -0.2) is 88.2 Å². The van der Waals surface area contributed by atoms with E-state index in [0.717, 1.165) is 35.5 Å². The third-order valence-corrected chi connectivity index (χ3v) is 9.47. The molecule has 0 saturated carbocycles. The number of hydrogen-bond acceptors (Lipinski definition) is 13. The van der Waals surface area contributed by atoms with Gasteiger partial charge in [0.05, 0.1) is 43.3 Å². The smallest absolute Gasteiger partial charge is 0.357 e. The number of hydrogen-bond donors (Lipinski definition) is 3. The first kappa shape index (κ1) is 35.2. The van der Waals surface area contributed by atoms with Gasteiger partial charge >= 0.3 is 5.97 Å². The molecule has 5 heterocycles. The number of nitrogens with zero attached hydrogens (tertiary/aromatic N) is 5. The van der Waals surface area contributed by atoms with Crippen molar-refractivity contribution in [2.45, 2.75) is 38.6 Å². The van der Waals surface area contributed by atoms with Crippen LogP contribution in [0.15, 0.2) is 40.1 Å². The predicted octanol–water partition coefficient (Wildman–Crippen LogP) is 4.75. The lowest BCUT2D eigenvalue weighted by Crippen LogP contribution is -2.35. The van der Waals surface area contributed by atoms with E-state index in [1.165, 1.54) is 28.5 Å². The van der Waals surface area contributed by atoms with Crippen molar-refractivity contribution in [3.05, 3.63) is 57.8 Å². The Labute approximate surface area is 299 Å². The number of benzene rings is 1. The molecular formula is C33H34N8O8S2. The maximum absolute atomic E-state index is 13.1. The quantitative estimate of drug-likeness (QED) is 0.127. The second-order valence-electron chi connectivity index (χ2n) is 11.4. The lowest BCUT2D eigenvalue weighted by atomic mass is 10.1. The molecule has 0 spiro atoms. The Kier molecular flexibility index (Phi) is 10.7. The maximum Gasteiger partial charge on any atom is 0.357 e. The van der Waals surface area contributed by atoms with Crippen LogP contribution in [0.3, 0.4) is 0 Å². The second-order valence-corrected chi connectivity index (χ2v) is 13.2. The van der Waals surface area contributed by atoms with Crippen LogP contribution in [0.2, 0.25) is 0 Å². The maximum atomic E-state index is 13.1. The molecule has 1 fully saturated rings. The lowest BCUT2D eigenvalue weighted by Gasteiger charge is -2.20. The standard InChI is InChI=1S/C33H34N8O8S2/c1-4-48-31(46)23-17-51-33(37-23)39-29(44)24-11-18(15-40(24)2)35-28(43)22-16-50-32(36-22)38-27(42)8-6-10-49-26-13-21-20(12-25(26)47-3)30(45)41-9-5-7-19(41)14-34-21/h11-17,19H,4-10H2,1-3H3,(H,35,43)(H,36,38,42)(H,37,39,44)/t19-/m0/s1. The molecule has 1 aromatic carbocycles. The van der Waals surface area contributed by atoms with Gasteiger partial charge in [-0.1, -0.05) is 0 Å². The molecule has 1 atom stereocenters. The third kappa shape index (κ3) is 8.07. The van der Waals surface area contributed by atoms with Crippen LogP contribution in [0.4, 0.5) is 21.6 Å². The van der Waals surface area contributed by atoms with Gasteiger partial charge in [-0.25, -0.2) is 14.8 Å². The third-order valence-electron chi connectivity index (χ3n) is 7.95. The van der Waals surface area contributed by atoms with Crippen LogP contribution in [0, 0.1) is 0 Å². The number of carbonyl (C=O) groups excluding carboxylic acids is 5. The van der Waals surface area contributed by atoms with E-state index in [1.54, 1.807) is 38.5 Å². The Hall–Kier alpha value is -5.62. The van der Waals surface area contributed by atoms with E-state index in [0.29, 0.717) is 41.4 Å². The number of esters is 1. The molecule has 266 valence electrons. The van der Waals surface area contributed by atoms with Crippen LogP contribution in [-0.2, 0) is 16.6 Å². The fraction of sp³-hybridized carbons (Fsp3) is 0.333. The van der Waals surface area contributed by atoms with E-state index in [2.05, 4.69) is 30.9 Å². The number of aromatic nitrogens is 3. The highest BCUT2D eigenvalue weighted by Crippen LogP contribution is 2.38. The number of aliphatic imine (C=N–C) groups is 1. The zero-order valence-corrected chi connectivity index (χ0v) is 29.5. The summed E-state index contributed by atoms with van der Waals surface area (Å²) in [5.74, 6) is -1.15. The molecule has 2 aliphatic rings. The molecule has 3 aromatic heterocycles. The lowest BCUT2D eigenvalue weighted by molar-refractivity contribution is -0.116. The zero-order valence-electron chi connectivity index (χ0n) is 27.9. The molecule has 4 amide bonds. The van der Waals surface area contributed by atoms with Crippen molar-refractivity contribution in [2.75, 3.05) is 42.8 Å². The number of carbonyl (C=O) groups is 5. The van der Waals surface area contributed by atoms with Crippen LogP contribution in [0.1, 0.15) is 74.4 Å². The normalized spacial score (nSPS) is 14.7. The topological polar surface area (TPSA) is 195 Å². The van der Waals surface area contributed by atoms with E-state index in [1.807, 2.05) is 4.90 Å². The highest BCUT2D eigenvalue weighted by atomic mass is 32.1. The number of methoxy groups -OCH3 is 1. The Morgan fingerprint density at radius 3 is 2.53 bits per heavy atom. The molecule has 4 aromatic rings. The van der Waals surface area contributed by atoms with Crippen molar-refractivity contribution in [2.24, 2.45) is 12.0 Å². The van der Waals surface area contributed by atoms with E-state index < -0.39 is 17.8 Å². The van der Waals surface area contributed by atoms with Gasteiger partial charge in [0.2, 0.25) is 5.91 Å². The number of ether oxygens (including phenoxy) is 3. The van der Waals surface area contributed by atoms with E-state index >= 15 is 0 Å². The van der Waals surface area contributed by atoms with Gasteiger partial charge in [-0.05, 0) is 38.3 Å². The van der Waals surface area contributed by atoms with Crippen molar-refractivity contribution < 1.29 is 38.2 Å². The van der Waals surface area contributed by atoms with Crippen molar-refractivity contribution in [3.8, 4) is 11.5 Å². The van der Waals surface area contributed by atoms with Gasteiger partial charge in [0.1, 0.15) is 11.4 Å². The minimum absolute atomic E-state index is 0.00826. The van der Waals surface area contributed by atoms with E-state index in [4.69, 9.17) is 14.2 Å². The number of nitrogens with one attached hydrogen (secondary N) is 3. The molecule has 3 N–H and O–H groups in total. The number of fused-ring (bicyclic) bond motifs is 2. The van der Waals surface area contributed by atoms with Gasteiger partial charge in [0.15, 0.2) is 27.5 Å². The first-order chi connectivity index (χ1) is 24.6. The summed E-state index contributed by atoms with van der Waals surface area (Å²) in [7, 11) is 3.14. The minimum atomic E-state index is -0.580. The molecule has 0 unspecified atom stereocenters. The average Bonchev–Trinajstić information content (AvgIpc) is 3.92. The largest absolute Gasteiger partial charge is 0.493 e. The molecule has 0 radical (unpaired) electrons.